The number of benzene rings is 1. The highest BCUT2D eigenvalue weighted by Gasteiger charge is 2.42. The van der Waals surface area contributed by atoms with Gasteiger partial charge in [0.05, 0.1) is 29.7 Å². The third-order valence-corrected chi connectivity index (χ3v) is 5.97. The number of nitrogens with zero attached hydrogens (tertiary/aromatic N) is 1. The van der Waals surface area contributed by atoms with Crippen LogP contribution in [0.2, 0.25) is 0 Å². The molecule has 0 bridgehead atoms. The van der Waals surface area contributed by atoms with Gasteiger partial charge in [-0.1, -0.05) is 24.3 Å². The molecule has 2 atom stereocenters. The van der Waals surface area contributed by atoms with Crippen molar-refractivity contribution in [2.45, 2.75) is 19.3 Å². The van der Waals surface area contributed by atoms with Crippen LogP contribution < -0.4 is 10.4 Å². The fraction of sp³-hybridized carbons (Fsp3) is 0.286. The lowest BCUT2D eigenvalue weighted by Crippen LogP contribution is -2.59. The summed E-state index contributed by atoms with van der Waals surface area (Å²) in [6.45, 7) is 0.291. The summed E-state index contributed by atoms with van der Waals surface area (Å²) in [6, 6.07) is 10.5. The number of hydrogen-bond acceptors (Lipinski definition) is 5. The van der Waals surface area contributed by atoms with Crippen molar-refractivity contribution in [1.82, 2.24) is 5.43 Å². The van der Waals surface area contributed by atoms with E-state index in [0.29, 0.717) is 37.1 Å². The van der Waals surface area contributed by atoms with E-state index in [-0.39, 0.29) is 23.7 Å². The highest BCUT2D eigenvalue weighted by molar-refractivity contribution is 7.09. The van der Waals surface area contributed by atoms with Crippen LogP contribution in [0.1, 0.15) is 28.1 Å². The molecule has 6 nitrogen and oxygen atoms in total. The number of hydrazine groups is 1. The largest absolute Gasteiger partial charge is 0.462 e. The van der Waals surface area contributed by atoms with Gasteiger partial charge in [-0.25, -0.2) is 9.80 Å². The Hall–Kier alpha value is -2.93. The van der Waals surface area contributed by atoms with E-state index in [1.165, 1.54) is 5.01 Å². The normalized spacial score (nSPS) is 21.2. The summed E-state index contributed by atoms with van der Waals surface area (Å²) in [6.07, 6.45) is 5.68. The number of carbonyl (C=O) groups is 3. The fourth-order valence-electron chi connectivity index (χ4n) is 3.54. The Balaban J connectivity index is 1.45. The quantitative estimate of drug-likeness (QED) is 0.622. The lowest BCUT2D eigenvalue weighted by molar-refractivity contribution is -0.139. The van der Waals surface area contributed by atoms with Crippen LogP contribution in [0.25, 0.3) is 0 Å². The molecule has 7 heteroatoms. The van der Waals surface area contributed by atoms with Gasteiger partial charge < -0.3 is 4.74 Å². The van der Waals surface area contributed by atoms with Crippen LogP contribution in [0.5, 0.6) is 0 Å². The van der Waals surface area contributed by atoms with E-state index >= 15 is 0 Å². The molecule has 2 amide bonds. The van der Waals surface area contributed by atoms with Crippen molar-refractivity contribution in [2.75, 3.05) is 11.6 Å². The second-order valence-corrected chi connectivity index (χ2v) is 7.85. The summed E-state index contributed by atoms with van der Waals surface area (Å²) >= 11 is 1.62. The zero-order valence-corrected chi connectivity index (χ0v) is 16.0. The maximum absolute atomic E-state index is 12.9. The van der Waals surface area contributed by atoms with Crippen molar-refractivity contribution in [3.05, 3.63) is 64.4 Å². The Morgan fingerprint density at radius 1 is 1.14 bits per heavy atom. The van der Waals surface area contributed by atoms with Gasteiger partial charge in [0.2, 0.25) is 11.8 Å². The molecule has 1 fully saturated rings. The zero-order valence-electron chi connectivity index (χ0n) is 15.2. The number of allylic oxidation sites excluding steroid dienone is 2. The zero-order chi connectivity index (χ0) is 19.5. The molecule has 4 rings (SSSR count). The fourth-order valence-corrected chi connectivity index (χ4v) is 4.23. The number of anilines is 1. The molecule has 1 aliphatic heterocycles. The molecule has 1 N–H and O–H groups in total. The van der Waals surface area contributed by atoms with Crippen molar-refractivity contribution in [3.63, 3.8) is 0 Å². The molecule has 2 aromatic rings. The van der Waals surface area contributed by atoms with Crippen molar-refractivity contribution in [2.24, 2.45) is 11.8 Å². The molecule has 0 saturated carbocycles. The first-order chi connectivity index (χ1) is 13.6. The standard InChI is InChI=1S/C21H20N2O4S/c24-19-17-8-1-2-9-18(17)20(25)23(22-19)15-6-3-5-14(13-15)21(26)27-11-10-16-7-4-12-28-16/h1-7,12-13,17-18H,8-11H2,(H,22,24)/t17-,18+/m1/s1. The van der Waals surface area contributed by atoms with E-state index in [4.69, 9.17) is 4.74 Å². The molecule has 1 aliphatic carbocycles. The van der Waals surface area contributed by atoms with Crippen LogP contribution in [0, 0.1) is 11.8 Å². The van der Waals surface area contributed by atoms with Gasteiger partial charge in [-0.2, -0.15) is 0 Å². The van der Waals surface area contributed by atoms with Crippen molar-refractivity contribution >= 4 is 34.8 Å². The average molecular weight is 396 g/mol. The van der Waals surface area contributed by atoms with E-state index in [0.717, 1.165) is 4.88 Å². The minimum atomic E-state index is -0.451. The average Bonchev–Trinajstić information content (AvgIpc) is 3.24. The van der Waals surface area contributed by atoms with E-state index in [9.17, 15) is 14.4 Å². The van der Waals surface area contributed by atoms with Crippen molar-refractivity contribution in [1.29, 1.82) is 0 Å². The number of esters is 1. The monoisotopic (exact) mass is 396 g/mol. The van der Waals surface area contributed by atoms with Crippen LogP contribution in [-0.2, 0) is 20.7 Å². The number of nitrogens with one attached hydrogen (secondary N) is 1. The second kappa shape index (κ2) is 7.98. The van der Waals surface area contributed by atoms with Gasteiger partial charge in [-0.3, -0.25) is 15.0 Å². The SMILES string of the molecule is O=C(OCCc1cccs1)c1cccc(N2NC(=O)[C@@H]3CC=CC[C@@H]3C2=O)c1. The van der Waals surface area contributed by atoms with Crippen LogP contribution in [0.15, 0.2) is 53.9 Å². The lowest BCUT2D eigenvalue weighted by atomic mass is 9.80. The number of carbonyl (C=O) groups excluding carboxylic acids is 3. The molecule has 144 valence electrons. The highest BCUT2D eigenvalue weighted by Crippen LogP contribution is 2.32. The molecule has 2 heterocycles. The smallest absolute Gasteiger partial charge is 0.338 e. The third kappa shape index (κ3) is 3.71. The molecule has 28 heavy (non-hydrogen) atoms. The molecule has 1 aromatic carbocycles. The molecule has 1 saturated heterocycles. The Kier molecular flexibility index (Phi) is 5.25. The predicted molar refractivity (Wildman–Crippen MR) is 106 cm³/mol. The molecular weight excluding hydrogens is 376 g/mol. The number of amides is 2. The Morgan fingerprint density at radius 3 is 2.75 bits per heavy atom. The van der Waals surface area contributed by atoms with Gasteiger partial charge in [-0.15, -0.1) is 11.3 Å². The topological polar surface area (TPSA) is 75.7 Å². The highest BCUT2D eigenvalue weighted by atomic mass is 32.1. The first-order valence-corrected chi connectivity index (χ1v) is 10.1. The van der Waals surface area contributed by atoms with Crippen LogP contribution in [0.4, 0.5) is 5.69 Å². The van der Waals surface area contributed by atoms with Crippen LogP contribution >= 0.6 is 11.3 Å². The van der Waals surface area contributed by atoms with Gasteiger partial charge in [0.15, 0.2) is 0 Å². The van der Waals surface area contributed by atoms with E-state index < -0.39 is 5.97 Å². The Bertz CT molecular complexity index is 922. The summed E-state index contributed by atoms with van der Waals surface area (Å²) in [5, 5.41) is 3.24. The first kappa shape index (κ1) is 18.4. The minimum Gasteiger partial charge on any atom is -0.462 e. The molecule has 0 unspecified atom stereocenters. The minimum absolute atomic E-state index is 0.155. The number of ether oxygens (including phenoxy) is 1. The van der Waals surface area contributed by atoms with Crippen LogP contribution in [-0.4, -0.2) is 24.4 Å². The van der Waals surface area contributed by atoms with Crippen LogP contribution in [0.3, 0.4) is 0 Å². The maximum Gasteiger partial charge on any atom is 0.338 e. The number of hydrogen-bond donors (Lipinski definition) is 1. The van der Waals surface area contributed by atoms with E-state index in [1.807, 2.05) is 29.7 Å². The summed E-state index contributed by atoms with van der Waals surface area (Å²) in [5.74, 6) is -1.46. The van der Waals surface area contributed by atoms with E-state index in [2.05, 4.69) is 5.43 Å². The number of fused-ring (bicyclic) bond motifs is 1. The summed E-state index contributed by atoms with van der Waals surface area (Å²) in [7, 11) is 0. The van der Waals surface area contributed by atoms with Gasteiger partial charge in [0, 0.05) is 11.3 Å². The van der Waals surface area contributed by atoms with Gasteiger partial charge >= 0.3 is 5.97 Å². The number of thiophene rings is 1. The molecule has 2 aliphatic rings. The second-order valence-electron chi connectivity index (χ2n) is 6.82. The van der Waals surface area contributed by atoms with Crippen molar-refractivity contribution < 1.29 is 19.1 Å². The lowest BCUT2D eigenvalue weighted by Gasteiger charge is -2.38. The summed E-state index contributed by atoms with van der Waals surface area (Å²) in [5.41, 5.74) is 3.47. The molecular formula is C21H20N2O4S. The Morgan fingerprint density at radius 2 is 1.96 bits per heavy atom. The van der Waals surface area contributed by atoms with Gasteiger partial charge in [-0.05, 0) is 42.5 Å². The van der Waals surface area contributed by atoms with Gasteiger partial charge in [0.25, 0.3) is 0 Å². The first-order valence-electron chi connectivity index (χ1n) is 9.22. The molecule has 0 spiro atoms. The summed E-state index contributed by atoms with van der Waals surface area (Å²) in [4.78, 5) is 38.8. The predicted octanol–water partition coefficient (Wildman–Crippen LogP) is 3.11. The number of rotatable bonds is 5. The third-order valence-electron chi connectivity index (χ3n) is 5.03. The van der Waals surface area contributed by atoms with Crippen molar-refractivity contribution in [3.8, 4) is 0 Å². The van der Waals surface area contributed by atoms with Gasteiger partial charge in [0.1, 0.15) is 0 Å². The molecule has 0 radical (unpaired) electrons. The summed E-state index contributed by atoms with van der Waals surface area (Å²) < 4.78 is 5.35. The van der Waals surface area contributed by atoms with E-state index in [1.54, 1.807) is 35.6 Å². The maximum atomic E-state index is 12.9. The molecule has 1 aromatic heterocycles. The Labute approximate surface area is 166 Å².